The molecule has 0 fully saturated rings. The van der Waals surface area contributed by atoms with Gasteiger partial charge in [-0.05, 0) is 69.2 Å². The zero-order valence-corrected chi connectivity index (χ0v) is 26.6. The lowest BCUT2D eigenvalue weighted by Crippen LogP contribution is -2.55. The molecule has 0 aliphatic rings. The van der Waals surface area contributed by atoms with Crippen molar-refractivity contribution in [2.24, 2.45) is 0 Å². The van der Waals surface area contributed by atoms with Crippen LogP contribution in [-0.4, -0.2) is 64.6 Å². The molecule has 0 aliphatic heterocycles. The second-order valence-electron chi connectivity index (χ2n) is 10.9. The van der Waals surface area contributed by atoms with Crippen molar-refractivity contribution < 1.29 is 32.2 Å². The van der Waals surface area contributed by atoms with Gasteiger partial charge in [0.05, 0.1) is 31.9 Å². The maximum Gasteiger partial charge on any atom is 0.264 e. The summed E-state index contributed by atoms with van der Waals surface area (Å²) >= 11 is 0. The first kappa shape index (κ1) is 33.3. The van der Waals surface area contributed by atoms with Gasteiger partial charge in [0.1, 0.15) is 29.8 Å². The summed E-state index contributed by atoms with van der Waals surface area (Å²) in [5, 5.41) is 2.96. The van der Waals surface area contributed by atoms with Gasteiger partial charge in [0.15, 0.2) is 0 Å². The highest BCUT2D eigenvalue weighted by Crippen LogP contribution is 2.36. The van der Waals surface area contributed by atoms with Crippen LogP contribution in [0.3, 0.4) is 0 Å². The Kier molecular flexibility index (Phi) is 11.0. The van der Waals surface area contributed by atoms with Crippen LogP contribution in [0, 0.1) is 0 Å². The lowest BCUT2D eigenvalue weighted by atomic mass is 10.1. The number of benzene rings is 3. The fourth-order valence-electron chi connectivity index (χ4n) is 4.56. The van der Waals surface area contributed by atoms with Crippen molar-refractivity contribution in [3.05, 3.63) is 78.4 Å². The van der Waals surface area contributed by atoms with Crippen LogP contribution in [-0.2, 0) is 26.2 Å². The van der Waals surface area contributed by atoms with Gasteiger partial charge in [-0.15, -0.1) is 0 Å². The molecule has 3 aromatic rings. The standard InChI is InChI=1S/C32H41N3O7S/c1-8-27(31(37)33-32(2,3)4)34(21-23-13-12-14-24(19-23)40-5)30(36)22-35(43(38,39)26-15-10-9-11-16-26)28-20-25(41-6)17-18-29(28)42-7/h9-20,27H,8,21-22H2,1-7H3,(H,33,37). The summed E-state index contributed by atoms with van der Waals surface area (Å²) in [6.45, 7) is 6.81. The van der Waals surface area contributed by atoms with E-state index in [0.29, 0.717) is 23.5 Å². The minimum atomic E-state index is -4.28. The minimum absolute atomic E-state index is 0.00969. The molecule has 0 bridgehead atoms. The molecule has 43 heavy (non-hydrogen) atoms. The van der Waals surface area contributed by atoms with Crippen LogP contribution in [0.1, 0.15) is 39.7 Å². The number of methoxy groups -OCH3 is 3. The Labute approximate surface area is 254 Å². The van der Waals surface area contributed by atoms with Gasteiger partial charge in [-0.1, -0.05) is 37.3 Å². The van der Waals surface area contributed by atoms with Crippen molar-refractivity contribution in [3.63, 3.8) is 0 Å². The summed E-state index contributed by atoms with van der Waals surface area (Å²) in [5.41, 5.74) is 0.282. The molecule has 3 aromatic carbocycles. The van der Waals surface area contributed by atoms with Gasteiger partial charge in [0.25, 0.3) is 10.0 Å². The molecule has 0 radical (unpaired) electrons. The molecule has 0 spiro atoms. The Bertz CT molecular complexity index is 1500. The van der Waals surface area contributed by atoms with Crippen molar-refractivity contribution in [1.82, 2.24) is 10.2 Å². The fourth-order valence-corrected chi connectivity index (χ4v) is 6.00. The number of anilines is 1. The number of ether oxygens (including phenoxy) is 3. The smallest absolute Gasteiger partial charge is 0.264 e. The lowest BCUT2D eigenvalue weighted by Gasteiger charge is -2.35. The maximum absolute atomic E-state index is 14.3. The monoisotopic (exact) mass is 611 g/mol. The summed E-state index contributed by atoms with van der Waals surface area (Å²) < 4.78 is 45.5. The number of carbonyl (C=O) groups is 2. The molecule has 10 nitrogen and oxygen atoms in total. The molecule has 2 amide bonds. The van der Waals surface area contributed by atoms with Gasteiger partial charge in [-0.2, -0.15) is 0 Å². The number of rotatable bonds is 13. The molecule has 0 saturated carbocycles. The van der Waals surface area contributed by atoms with Crippen molar-refractivity contribution in [2.75, 3.05) is 32.2 Å². The summed E-state index contributed by atoms with van der Waals surface area (Å²) in [6, 6.07) is 18.8. The summed E-state index contributed by atoms with van der Waals surface area (Å²) in [6.07, 6.45) is 0.297. The van der Waals surface area contributed by atoms with E-state index >= 15 is 0 Å². The van der Waals surface area contributed by atoms with Crippen LogP contribution in [0.15, 0.2) is 77.7 Å². The Hall–Kier alpha value is -4.25. The number of nitrogens with one attached hydrogen (secondary N) is 1. The van der Waals surface area contributed by atoms with Gasteiger partial charge in [-0.3, -0.25) is 13.9 Å². The second-order valence-corrected chi connectivity index (χ2v) is 12.8. The van der Waals surface area contributed by atoms with Gasteiger partial charge < -0.3 is 24.4 Å². The number of hydrogen-bond acceptors (Lipinski definition) is 7. The van der Waals surface area contributed by atoms with E-state index < -0.39 is 34.1 Å². The van der Waals surface area contributed by atoms with Crippen molar-refractivity contribution in [1.29, 1.82) is 0 Å². The lowest BCUT2D eigenvalue weighted by molar-refractivity contribution is -0.141. The van der Waals surface area contributed by atoms with E-state index in [1.807, 2.05) is 33.8 Å². The van der Waals surface area contributed by atoms with E-state index in [1.165, 1.54) is 37.3 Å². The average molecular weight is 612 g/mol. The number of amides is 2. The first-order valence-electron chi connectivity index (χ1n) is 13.9. The zero-order valence-electron chi connectivity index (χ0n) is 25.8. The maximum atomic E-state index is 14.3. The topological polar surface area (TPSA) is 114 Å². The summed E-state index contributed by atoms with van der Waals surface area (Å²) in [5.74, 6) is 0.267. The highest BCUT2D eigenvalue weighted by molar-refractivity contribution is 7.92. The van der Waals surface area contributed by atoms with Crippen LogP contribution in [0.25, 0.3) is 0 Å². The molecule has 0 aromatic heterocycles. The third kappa shape index (κ3) is 8.41. The van der Waals surface area contributed by atoms with E-state index in [-0.39, 0.29) is 28.8 Å². The molecule has 0 aliphatic carbocycles. The van der Waals surface area contributed by atoms with Gasteiger partial charge >= 0.3 is 0 Å². The molecule has 0 heterocycles. The highest BCUT2D eigenvalue weighted by Gasteiger charge is 2.35. The largest absolute Gasteiger partial charge is 0.497 e. The van der Waals surface area contributed by atoms with Crippen molar-refractivity contribution >= 4 is 27.5 Å². The van der Waals surface area contributed by atoms with Crippen LogP contribution in [0.5, 0.6) is 17.2 Å². The van der Waals surface area contributed by atoms with Crippen LogP contribution in [0.2, 0.25) is 0 Å². The zero-order chi connectivity index (χ0) is 31.8. The fraction of sp³-hybridized carbons (Fsp3) is 0.375. The van der Waals surface area contributed by atoms with Crippen molar-refractivity contribution in [3.8, 4) is 17.2 Å². The Balaban J connectivity index is 2.16. The van der Waals surface area contributed by atoms with E-state index in [9.17, 15) is 18.0 Å². The number of nitrogens with zero attached hydrogens (tertiary/aromatic N) is 2. The molecule has 1 atom stereocenters. The third-order valence-electron chi connectivity index (χ3n) is 6.64. The van der Waals surface area contributed by atoms with E-state index in [0.717, 1.165) is 4.31 Å². The molecule has 232 valence electrons. The average Bonchev–Trinajstić information content (AvgIpc) is 2.98. The predicted molar refractivity (Wildman–Crippen MR) is 166 cm³/mol. The quantitative estimate of drug-likeness (QED) is 0.300. The Morgan fingerprint density at radius 2 is 1.51 bits per heavy atom. The first-order chi connectivity index (χ1) is 20.3. The highest BCUT2D eigenvalue weighted by atomic mass is 32.2. The van der Waals surface area contributed by atoms with Gasteiger partial charge in [0, 0.05) is 18.2 Å². The summed E-state index contributed by atoms with van der Waals surface area (Å²) in [7, 11) is 0.144. The molecule has 1 N–H and O–H groups in total. The van der Waals surface area contributed by atoms with Crippen LogP contribution >= 0.6 is 0 Å². The second kappa shape index (κ2) is 14.3. The third-order valence-corrected chi connectivity index (χ3v) is 8.41. The normalized spacial score (nSPS) is 12.2. The molecule has 1 unspecified atom stereocenters. The molecule has 0 saturated heterocycles. The summed E-state index contributed by atoms with van der Waals surface area (Å²) in [4.78, 5) is 29.2. The van der Waals surface area contributed by atoms with Gasteiger partial charge in [-0.25, -0.2) is 8.42 Å². The number of hydrogen-bond donors (Lipinski definition) is 1. The van der Waals surface area contributed by atoms with Crippen LogP contribution in [0.4, 0.5) is 5.69 Å². The first-order valence-corrected chi connectivity index (χ1v) is 15.3. The van der Waals surface area contributed by atoms with Crippen LogP contribution < -0.4 is 23.8 Å². The van der Waals surface area contributed by atoms with E-state index in [1.54, 1.807) is 55.6 Å². The van der Waals surface area contributed by atoms with Gasteiger partial charge in [0.2, 0.25) is 11.8 Å². The van der Waals surface area contributed by atoms with E-state index in [4.69, 9.17) is 14.2 Å². The molecular weight excluding hydrogens is 570 g/mol. The number of sulfonamides is 1. The Morgan fingerprint density at radius 1 is 0.860 bits per heavy atom. The SMILES string of the molecule is CCC(C(=O)NC(C)(C)C)N(Cc1cccc(OC)c1)C(=O)CN(c1cc(OC)ccc1OC)S(=O)(=O)c1ccccc1. The number of carbonyl (C=O) groups excluding carboxylic acids is 2. The molecular formula is C32H41N3O7S. The predicted octanol–water partition coefficient (Wildman–Crippen LogP) is 4.63. The van der Waals surface area contributed by atoms with Crippen molar-refractivity contribution in [2.45, 2.75) is 57.1 Å². The minimum Gasteiger partial charge on any atom is -0.497 e. The molecule has 11 heteroatoms. The Morgan fingerprint density at radius 3 is 2.09 bits per heavy atom. The molecule has 3 rings (SSSR count). The van der Waals surface area contributed by atoms with E-state index in [2.05, 4.69) is 5.32 Å².